The molecule has 0 radical (unpaired) electrons. The highest BCUT2D eigenvalue weighted by Gasteiger charge is 2.27. The summed E-state index contributed by atoms with van der Waals surface area (Å²) >= 11 is 0. The molecule has 6 heteroatoms. The lowest BCUT2D eigenvalue weighted by Crippen LogP contribution is -2.40. The summed E-state index contributed by atoms with van der Waals surface area (Å²) in [7, 11) is 0. The van der Waals surface area contributed by atoms with Crippen LogP contribution in [0.1, 0.15) is 0 Å². The average molecular weight is 118 g/mol. The fraction of sp³-hybridized carbons (Fsp3) is 1.00. The molecule has 44 valence electrons. The van der Waals surface area contributed by atoms with E-state index in [4.69, 9.17) is 0 Å². The molecule has 2 nitrogen and oxygen atoms in total. The van der Waals surface area contributed by atoms with Gasteiger partial charge in [0.25, 0.3) is 0 Å². The van der Waals surface area contributed by atoms with E-state index in [9.17, 15) is 17.7 Å². The van der Waals surface area contributed by atoms with Crippen LogP contribution < -0.4 is 11.1 Å². The molecule has 0 heterocycles. The molecule has 2 N–H and O–H groups in total. The minimum Gasteiger partial charge on any atom is -0.167 e. The molecule has 0 saturated heterocycles. The van der Waals surface area contributed by atoms with Gasteiger partial charge in [-0.25, -0.2) is 0 Å². The van der Waals surface area contributed by atoms with Crippen LogP contribution >= 0.6 is 0 Å². The first-order valence-corrected chi connectivity index (χ1v) is 1.26. The Morgan fingerprint density at radius 2 is 1.29 bits per heavy atom. The summed E-state index contributed by atoms with van der Waals surface area (Å²) in [4.78, 5) is 0. The van der Waals surface area contributed by atoms with E-state index >= 15 is 0 Å². The van der Waals surface area contributed by atoms with Gasteiger partial charge >= 0.3 is 6.17 Å². The largest absolute Gasteiger partial charge is 0.414 e. The van der Waals surface area contributed by atoms with Crippen LogP contribution in [0.15, 0.2) is 0 Å². The number of halogens is 4. The smallest absolute Gasteiger partial charge is 0.167 e. The van der Waals surface area contributed by atoms with Crippen molar-refractivity contribution in [2.75, 3.05) is 0 Å². The van der Waals surface area contributed by atoms with Gasteiger partial charge in [-0.2, -0.15) is 8.78 Å². The lowest BCUT2D eigenvalue weighted by Gasteiger charge is -2.04. The topological polar surface area (TPSA) is 24.1 Å². The highest BCUT2D eigenvalue weighted by atomic mass is 19.3. The SMILES string of the molecule is FNC(F)(F)NF. The zero-order valence-electron chi connectivity index (χ0n) is 3.01. The second-order valence-electron chi connectivity index (χ2n) is 0.763. The number of hydrogen-bond donors (Lipinski definition) is 2. The molecule has 0 saturated carbocycles. The van der Waals surface area contributed by atoms with Crippen molar-refractivity contribution >= 4 is 0 Å². The molecular weight excluding hydrogens is 116 g/mol. The van der Waals surface area contributed by atoms with Gasteiger partial charge in [-0.05, 0) is 0 Å². The van der Waals surface area contributed by atoms with Gasteiger partial charge in [-0.1, -0.05) is 11.1 Å². The predicted molar refractivity (Wildman–Crippen MR) is 13.4 cm³/mol. The van der Waals surface area contributed by atoms with E-state index in [1.54, 1.807) is 0 Å². The van der Waals surface area contributed by atoms with E-state index in [0.717, 1.165) is 0 Å². The van der Waals surface area contributed by atoms with Crippen LogP contribution in [0.4, 0.5) is 17.7 Å². The van der Waals surface area contributed by atoms with Crippen molar-refractivity contribution in [2.45, 2.75) is 6.17 Å². The summed E-state index contributed by atoms with van der Waals surface area (Å²) in [6.07, 6.45) is -4.25. The van der Waals surface area contributed by atoms with Gasteiger partial charge in [0, 0.05) is 0 Å². The number of alkyl halides is 2. The van der Waals surface area contributed by atoms with E-state index in [1.165, 1.54) is 0 Å². The summed E-state index contributed by atoms with van der Waals surface area (Å²) < 4.78 is 42.8. The lowest BCUT2D eigenvalue weighted by atomic mass is 11.1. The maximum Gasteiger partial charge on any atom is 0.414 e. The molecule has 0 bridgehead atoms. The second kappa shape index (κ2) is 2.08. The first-order valence-electron chi connectivity index (χ1n) is 1.26. The number of nitrogens with one attached hydrogen (secondary N) is 2. The lowest BCUT2D eigenvalue weighted by molar-refractivity contribution is -0.154. The van der Waals surface area contributed by atoms with Crippen molar-refractivity contribution in [1.29, 1.82) is 0 Å². The number of rotatable bonds is 2. The summed E-state index contributed by atoms with van der Waals surface area (Å²) in [6.45, 7) is 0. The Balaban J connectivity index is 3.36. The van der Waals surface area contributed by atoms with Gasteiger partial charge < -0.3 is 0 Å². The zero-order chi connectivity index (χ0) is 5.91. The summed E-state index contributed by atoms with van der Waals surface area (Å²) in [5, 5.41) is 0. The third-order valence-electron chi connectivity index (χ3n) is 0.237. The molecule has 0 aromatic rings. The summed E-state index contributed by atoms with van der Waals surface area (Å²) in [6, 6.07) is 0. The van der Waals surface area contributed by atoms with Crippen LogP contribution in [0.2, 0.25) is 0 Å². The van der Waals surface area contributed by atoms with Gasteiger partial charge in [-0.3, -0.25) is 0 Å². The Kier molecular flexibility index (Phi) is 1.97. The van der Waals surface area contributed by atoms with Crippen molar-refractivity contribution < 1.29 is 17.7 Å². The first kappa shape index (κ1) is 6.64. The molecule has 0 aliphatic carbocycles. The Hall–Kier alpha value is -0.360. The third kappa shape index (κ3) is 2.35. The maximum absolute atomic E-state index is 10.9. The summed E-state index contributed by atoms with van der Waals surface area (Å²) in [5.41, 5.74) is -0.257. The highest BCUT2D eigenvalue weighted by molar-refractivity contribution is 4.39. The molecule has 0 aliphatic heterocycles. The third-order valence-corrected chi connectivity index (χ3v) is 0.237. The van der Waals surface area contributed by atoms with Gasteiger partial charge in [0.05, 0.1) is 0 Å². The van der Waals surface area contributed by atoms with E-state index in [2.05, 4.69) is 0 Å². The van der Waals surface area contributed by atoms with Crippen LogP contribution in [0.3, 0.4) is 0 Å². The molecule has 0 aromatic carbocycles. The standard InChI is InChI=1S/CH2F4N2/c2-1(3,6-4)7-5/h6-7H. The Labute approximate surface area is 36.4 Å². The number of hydrogen-bond acceptors (Lipinski definition) is 2. The average Bonchev–Trinajstić information content (AvgIpc) is 1.68. The minimum atomic E-state index is -4.25. The van der Waals surface area contributed by atoms with Crippen molar-refractivity contribution in [1.82, 2.24) is 11.1 Å². The van der Waals surface area contributed by atoms with Crippen molar-refractivity contribution in [3.63, 3.8) is 0 Å². The van der Waals surface area contributed by atoms with E-state index < -0.39 is 6.17 Å². The van der Waals surface area contributed by atoms with Crippen LogP contribution in [0.5, 0.6) is 0 Å². The van der Waals surface area contributed by atoms with Crippen molar-refractivity contribution in [3.8, 4) is 0 Å². The zero-order valence-corrected chi connectivity index (χ0v) is 3.01. The highest BCUT2D eigenvalue weighted by Crippen LogP contribution is 2.01. The molecule has 0 rings (SSSR count). The van der Waals surface area contributed by atoms with Crippen LogP contribution in [-0.2, 0) is 0 Å². The Morgan fingerprint density at radius 3 is 1.29 bits per heavy atom. The van der Waals surface area contributed by atoms with E-state index in [0.29, 0.717) is 0 Å². The van der Waals surface area contributed by atoms with E-state index in [1.807, 2.05) is 0 Å². The predicted octanol–water partition coefficient (Wildman–Crippen LogP) is 0.485. The second-order valence-corrected chi connectivity index (χ2v) is 0.763. The molecule has 0 amide bonds. The summed E-state index contributed by atoms with van der Waals surface area (Å²) in [5.74, 6) is 0. The normalized spacial score (nSPS) is 12.0. The van der Waals surface area contributed by atoms with Crippen molar-refractivity contribution in [3.05, 3.63) is 0 Å². The Morgan fingerprint density at radius 1 is 1.00 bits per heavy atom. The monoisotopic (exact) mass is 118 g/mol. The molecule has 0 aliphatic rings. The molecule has 0 unspecified atom stereocenters. The fourth-order valence-corrected chi connectivity index (χ4v) is 0.0179. The van der Waals surface area contributed by atoms with Gasteiger partial charge in [-0.15, -0.1) is 8.96 Å². The van der Waals surface area contributed by atoms with Gasteiger partial charge in [0.15, 0.2) is 0 Å². The van der Waals surface area contributed by atoms with Crippen LogP contribution in [0.25, 0.3) is 0 Å². The fourth-order valence-electron chi connectivity index (χ4n) is 0.0179. The van der Waals surface area contributed by atoms with Gasteiger partial charge in [0.1, 0.15) is 0 Å². The first-order chi connectivity index (χ1) is 3.12. The van der Waals surface area contributed by atoms with Gasteiger partial charge in [0.2, 0.25) is 0 Å². The molecule has 0 fully saturated rings. The van der Waals surface area contributed by atoms with Crippen LogP contribution in [0, 0.1) is 0 Å². The molecule has 0 aromatic heterocycles. The molecular formula is CH2F4N2. The minimum absolute atomic E-state index is 0.128. The molecule has 7 heavy (non-hydrogen) atoms. The molecule has 0 atom stereocenters. The Bertz CT molecular complexity index is 47.7. The van der Waals surface area contributed by atoms with Crippen LogP contribution in [-0.4, -0.2) is 6.17 Å². The maximum atomic E-state index is 10.9. The van der Waals surface area contributed by atoms with E-state index in [-0.39, 0.29) is 11.1 Å². The quantitative estimate of drug-likeness (QED) is 0.238. The van der Waals surface area contributed by atoms with Crippen molar-refractivity contribution in [2.24, 2.45) is 0 Å². The molecule has 0 spiro atoms.